The molecule has 0 radical (unpaired) electrons. The number of carbonyl (C=O) groups excluding carboxylic acids is 1. The minimum atomic E-state index is -1.22. The average Bonchev–Trinajstić information content (AvgIpc) is 3.26. The normalized spacial score (nSPS) is 44.6. The van der Waals surface area contributed by atoms with Gasteiger partial charge in [0.05, 0.1) is 18.3 Å². The Morgan fingerprint density at radius 2 is 1.98 bits per heavy atom. The molecule has 3 N–H and O–H groups in total. The molecule has 40 heavy (non-hydrogen) atoms. The van der Waals surface area contributed by atoms with Crippen molar-refractivity contribution in [1.29, 1.82) is 0 Å². The van der Waals surface area contributed by atoms with E-state index in [0.29, 0.717) is 44.4 Å². The van der Waals surface area contributed by atoms with Crippen LogP contribution in [0.15, 0.2) is 23.3 Å². The maximum atomic E-state index is 13.5. The van der Waals surface area contributed by atoms with Gasteiger partial charge in [0.25, 0.3) is 0 Å². The molecule has 8 atom stereocenters. The highest BCUT2D eigenvalue weighted by atomic mass is 16.7. The van der Waals surface area contributed by atoms with E-state index < -0.39 is 34.6 Å². The average molecular weight is 553 g/mol. The fourth-order valence-electron chi connectivity index (χ4n) is 10.1. The molecule has 7 aliphatic rings. The molecule has 1 spiro atoms. The molecule has 2 saturated carbocycles. The SMILES string of the molecule is Cc1[nH]c(C)c(C(=O)OC(C)C2=CC[C@@]34OCCN(C)CC23C[C@@H](O)C23O[C@@]5(O)CC[C@@]2(C)[C@H](CC=C34)C5)c1C. The van der Waals surface area contributed by atoms with Crippen LogP contribution in [0.4, 0.5) is 0 Å². The number of hydrogen-bond donors (Lipinski definition) is 3. The number of H-pyrrole nitrogens is 1. The van der Waals surface area contributed by atoms with E-state index in [1.165, 1.54) is 0 Å². The predicted molar refractivity (Wildman–Crippen MR) is 149 cm³/mol. The molecule has 8 nitrogen and oxygen atoms in total. The van der Waals surface area contributed by atoms with Gasteiger partial charge in [0.1, 0.15) is 17.3 Å². The Morgan fingerprint density at radius 3 is 2.70 bits per heavy atom. The van der Waals surface area contributed by atoms with Crippen molar-refractivity contribution in [3.63, 3.8) is 0 Å². The van der Waals surface area contributed by atoms with Crippen molar-refractivity contribution in [3.8, 4) is 0 Å². The van der Waals surface area contributed by atoms with Crippen LogP contribution < -0.4 is 0 Å². The van der Waals surface area contributed by atoms with Crippen molar-refractivity contribution in [2.24, 2.45) is 16.7 Å². The zero-order valence-corrected chi connectivity index (χ0v) is 24.7. The van der Waals surface area contributed by atoms with Crippen LogP contribution in [0, 0.1) is 37.5 Å². The number of rotatable bonds is 3. The highest BCUT2D eigenvalue weighted by molar-refractivity contribution is 5.93. The Morgan fingerprint density at radius 1 is 1.20 bits per heavy atom. The monoisotopic (exact) mass is 552 g/mol. The first-order chi connectivity index (χ1) is 18.8. The van der Waals surface area contributed by atoms with Crippen molar-refractivity contribution >= 4 is 5.97 Å². The first kappa shape index (κ1) is 26.9. The number of likely N-dealkylation sites (N-methyl/N-ethyl adjacent to an activating group) is 1. The third kappa shape index (κ3) is 3.07. The van der Waals surface area contributed by atoms with Gasteiger partial charge < -0.3 is 34.3 Å². The Kier molecular flexibility index (Phi) is 5.59. The van der Waals surface area contributed by atoms with E-state index in [0.717, 1.165) is 47.5 Å². The number of aryl methyl sites for hydroxylation is 2. The van der Waals surface area contributed by atoms with Gasteiger partial charge >= 0.3 is 5.97 Å². The zero-order valence-electron chi connectivity index (χ0n) is 24.7. The van der Waals surface area contributed by atoms with E-state index in [2.05, 4.69) is 36.0 Å². The van der Waals surface area contributed by atoms with Crippen LogP contribution in [0.1, 0.15) is 79.7 Å². The van der Waals surface area contributed by atoms with Crippen molar-refractivity contribution < 1.29 is 29.2 Å². The summed E-state index contributed by atoms with van der Waals surface area (Å²) in [5.74, 6) is -1.30. The molecule has 0 aromatic carbocycles. The number of aromatic amines is 1. The minimum absolute atomic E-state index is 0.251. The van der Waals surface area contributed by atoms with Gasteiger partial charge in [-0.05, 0) is 83.1 Å². The van der Waals surface area contributed by atoms with E-state index >= 15 is 0 Å². The smallest absolute Gasteiger partial charge is 0.340 e. The number of nitrogens with zero attached hydrogens (tertiary/aromatic N) is 1. The molecule has 4 heterocycles. The van der Waals surface area contributed by atoms with E-state index in [1.807, 2.05) is 27.7 Å². The van der Waals surface area contributed by atoms with E-state index in [9.17, 15) is 15.0 Å². The zero-order chi connectivity index (χ0) is 28.5. The van der Waals surface area contributed by atoms with Crippen LogP contribution in [-0.2, 0) is 14.2 Å². The molecule has 3 unspecified atom stereocenters. The van der Waals surface area contributed by atoms with Gasteiger partial charge in [-0.2, -0.15) is 0 Å². The lowest BCUT2D eigenvalue weighted by molar-refractivity contribution is -0.401. The lowest BCUT2D eigenvalue weighted by Crippen LogP contribution is -2.79. The standard InChI is InChI=1S/C32H44N2O6/c1-18-19(2)33-20(3)26(18)27(36)39-21(4)23-9-10-31-24-8-7-22-15-30(37)12-11-28(22,5)32(24,40-30)25(35)16-29(23,31)17-34(6)13-14-38-31/h8-9,21-22,25,33,35,37H,7,10-17H2,1-6H3/t21?,22-,25-,28+,29?,30+,31+,32?/m1/s1. The number of fused-ring (bicyclic) bond motifs is 1. The molecule has 5 fully saturated rings. The number of aliphatic hydroxyl groups excluding tert-OH is 1. The molecular weight excluding hydrogens is 508 g/mol. The molecule has 3 saturated heterocycles. The van der Waals surface area contributed by atoms with Crippen molar-refractivity contribution in [1.82, 2.24) is 9.88 Å². The van der Waals surface area contributed by atoms with Gasteiger partial charge in [-0.1, -0.05) is 19.1 Å². The number of aliphatic hydroxyl groups is 2. The van der Waals surface area contributed by atoms with Gasteiger partial charge in [0.15, 0.2) is 5.79 Å². The number of nitrogens with one attached hydrogen (secondary N) is 1. The van der Waals surface area contributed by atoms with Gasteiger partial charge in [0.2, 0.25) is 0 Å². The van der Waals surface area contributed by atoms with Crippen LogP contribution in [0.25, 0.3) is 0 Å². The summed E-state index contributed by atoms with van der Waals surface area (Å²) in [7, 11) is 2.10. The number of esters is 1. The van der Waals surface area contributed by atoms with Crippen molar-refractivity contribution in [3.05, 3.63) is 45.8 Å². The molecule has 8 heteroatoms. The molecule has 8 rings (SSSR count). The Bertz CT molecular complexity index is 1350. The molecule has 4 aliphatic carbocycles. The fraction of sp³-hybridized carbons (Fsp3) is 0.719. The fourth-order valence-corrected chi connectivity index (χ4v) is 10.1. The summed E-state index contributed by atoms with van der Waals surface area (Å²) >= 11 is 0. The molecule has 1 aromatic heterocycles. The minimum Gasteiger partial charge on any atom is -0.454 e. The van der Waals surface area contributed by atoms with Gasteiger partial charge in [0, 0.05) is 48.1 Å². The molecule has 4 bridgehead atoms. The summed E-state index contributed by atoms with van der Waals surface area (Å²) in [4.78, 5) is 19.0. The van der Waals surface area contributed by atoms with Crippen LogP contribution in [-0.4, -0.2) is 82.0 Å². The van der Waals surface area contributed by atoms with Gasteiger partial charge in [-0.25, -0.2) is 4.79 Å². The molecule has 1 aromatic rings. The number of hydrogen-bond acceptors (Lipinski definition) is 7. The lowest BCUT2D eigenvalue weighted by Gasteiger charge is -2.73. The van der Waals surface area contributed by atoms with E-state index in [-0.39, 0.29) is 17.3 Å². The maximum Gasteiger partial charge on any atom is 0.340 e. The molecule has 0 amide bonds. The highest BCUT2D eigenvalue weighted by Gasteiger charge is 2.79. The lowest BCUT2D eigenvalue weighted by atomic mass is 9.41. The summed E-state index contributed by atoms with van der Waals surface area (Å²) in [5, 5.41) is 23.8. The third-order valence-corrected chi connectivity index (χ3v) is 12.1. The summed E-state index contributed by atoms with van der Waals surface area (Å²) in [6, 6.07) is 0. The van der Waals surface area contributed by atoms with Crippen molar-refractivity contribution in [2.75, 3.05) is 26.7 Å². The van der Waals surface area contributed by atoms with Gasteiger partial charge in [-0.3, -0.25) is 0 Å². The number of aromatic nitrogens is 1. The summed E-state index contributed by atoms with van der Waals surface area (Å²) < 4.78 is 20.0. The first-order valence-electron chi connectivity index (χ1n) is 15.0. The molecular formula is C32H44N2O6. The second kappa shape index (κ2) is 8.32. The quantitative estimate of drug-likeness (QED) is 0.386. The summed E-state index contributed by atoms with van der Waals surface area (Å²) in [6.07, 6.45) is 7.06. The highest BCUT2D eigenvalue weighted by Crippen LogP contribution is 2.74. The third-order valence-electron chi connectivity index (χ3n) is 12.1. The molecule has 3 aliphatic heterocycles. The first-order valence-corrected chi connectivity index (χ1v) is 15.0. The van der Waals surface area contributed by atoms with Crippen LogP contribution >= 0.6 is 0 Å². The van der Waals surface area contributed by atoms with Crippen molar-refractivity contribution in [2.45, 2.75) is 102 Å². The number of ether oxygens (including phenoxy) is 3. The number of carbonyl (C=O) groups is 1. The molecule has 218 valence electrons. The predicted octanol–water partition coefficient (Wildman–Crippen LogP) is 3.86. The van der Waals surface area contributed by atoms with E-state index in [4.69, 9.17) is 14.2 Å². The Hall–Kier alpha value is -1.97. The Balaban J connectivity index is 1.32. The van der Waals surface area contributed by atoms with Crippen LogP contribution in [0.2, 0.25) is 0 Å². The topological polar surface area (TPSA) is 104 Å². The van der Waals surface area contributed by atoms with Crippen LogP contribution in [0.3, 0.4) is 0 Å². The number of allylic oxidation sites excluding steroid dienone is 1. The van der Waals surface area contributed by atoms with Crippen LogP contribution in [0.5, 0.6) is 0 Å². The van der Waals surface area contributed by atoms with E-state index in [1.54, 1.807) is 0 Å². The second-order valence-electron chi connectivity index (χ2n) is 14.0. The maximum absolute atomic E-state index is 13.5. The Labute approximate surface area is 236 Å². The summed E-state index contributed by atoms with van der Waals surface area (Å²) in [6.45, 7) is 12.0. The largest absolute Gasteiger partial charge is 0.454 e. The van der Waals surface area contributed by atoms with Gasteiger partial charge in [-0.15, -0.1) is 0 Å². The summed E-state index contributed by atoms with van der Waals surface area (Å²) in [5.41, 5.74) is 2.69. The second-order valence-corrected chi connectivity index (χ2v) is 14.0.